The fourth-order valence-corrected chi connectivity index (χ4v) is 3.72. The zero-order valence-corrected chi connectivity index (χ0v) is 19.0. The van der Waals surface area contributed by atoms with Gasteiger partial charge in [0, 0.05) is 0 Å². The van der Waals surface area contributed by atoms with Crippen molar-refractivity contribution in [1.29, 1.82) is 0 Å². The number of ether oxygens (including phenoxy) is 3. The van der Waals surface area contributed by atoms with Crippen LogP contribution in [0.25, 0.3) is 0 Å². The maximum atomic E-state index is 13.0. The molecule has 0 aliphatic carbocycles. The van der Waals surface area contributed by atoms with Gasteiger partial charge >= 0.3 is 5.97 Å². The largest absolute Gasteiger partial charge is 0.460 e. The summed E-state index contributed by atoms with van der Waals surface area (Å²) in [5, 5.41) is 0. The molecule has 168 valence electrons. The molecule has 0 saturated heterocycles. The van der Waals surface area contributed by atoms with Gasteiger partial charge in [0.1, 0.15) is 5.60 Å². The van der Waals surface area contributed by atoms with Gasteiger partial charge in [-0.05, 0) is 57.2 Å². The monoisotopic (exact) mass is 419 g/mol. The Morgan fingerprint density at radius 3 is 2.33 bits per heavy atom. The van der Waals surface area contributed by atoms with Crippen LogP contribution in [0.5, 0.6) is 11.5 Å². The minimum absolute atomic E-state index is 0.189. The predicted molar refractivity (Wildman–Crippen MR) is 116 cm³/mol. The Kier molecular flexibility index (Phi) is 8.56. The molecule has 1 aliphatic rings. The molecule has 1 aromatic rings. The molecule has 2 rings (SSSR count). The molecule has 1 aromatic carbocycles. The summed E-state index contributed by atoms with van der Waals surface area (Å²) >= 11 is 0. The van der Waals surface area contributed by atoms with Gasteiger partial charge in [0.05, 0.1) is 11.8 Å². The van der Waals surface area contributed by atoms with Gasteiger partial charge in [-0.1, -0.05) is 45.6 Å². The van der Waals surface area contributed by atoms with Crippen molar-refractivity contribution in [2.45, 2.75) is 78.7 Å². The number of unbranched alkanes of at least 4 members (excludes halogenated alkanes) is 2. The van der Waals surface area contributed by atoms with Crippen molar-refractivity contribution in [3.63, 3.8) is 0 Å². The molecule has 0 saturated carbocycles. The number of benzene rings is 1. The van der Waals surface area contributed by atoms with Gasteiger partial charge < -0.3 is 19.9 Å². The third kappa shape index (κ3) is 7.54. The van der Waals surface area contributed by atoms with Crippen LogP contribution in [0.3, 0.4) is 0 Å². The second-order valence-electron chi connectivity index (χ2n) is 9.57. The van der Waals surface area contributed by atoms with Gasteiger partial charge in [-0.2, -0.15) is 0 Å². The predicted octanol–water partition coefficient (Wildman–Crippen LogP) is 4.62. The fourth-order valence-electron chi connectivity index (χ4n) is 3.72. The van der Waals surface area contributed by atoms with Crippen LogP contribution in [-0.2, 0) is 20.7 Å². The van der Waals surface area contributed by atoms with Crippen molar-refractivity contribution in [2.24, 2.45) is 23.5 Å². The summed E-state index contributed by atoms with van der Waals surface area (Å²) in [5.41, 5.74) is 6.04. The van der Waals surface area contributed by atoms with Crippen LogP contribution in [0.4, 0.5) is 0 Å². The van der Waals surface area contributed by atoms with Crippen molar-refractivity contribution in [3.05, 3.63) is 23.8 Å². The van der Waals surface area contributed by atoms with Gasteiger partial charge in [0.25, 0.3) is 0 Å². The summed E-state index contributed by atoms with van der Waals surface area (Å²) in [6.07, 6.45) is 5.11. The van der Waals surface area contributed by atoms with Crippen LogP contribution in [-0.4, -0.2) is 24.3 Å². The Morgan fingerprint density at radius 1 is 1.03 bits per heavy atom. The number of hydrogen-bond acceptors (Lipinski definition) is 5. The van der Waals surface area contributed by atoms with E-state index in [4.69, 9.17) is 19.9 Å². The average molecular weight is 420 g/mol. The number of amides is 1. The molecule has 1 aliphatic heterocycles. The van der Waals surface area contributed by atoms with Crippen molar-refractivity contribution < 1.29 is 23.8 Å². The molecule has 2 unspecified atom stereocenters. The smallest absolute Gasteiger partial charge is 0.310 e. The van der Waals surface area contributed by atoms with E-state index in [0.29, 0.717) is 30.3 Å². The summed E-state index contributed by atoms with van der Waals surface area (Å²) in [6, 6.07) is 5.56. The van der Waals surface area contributed by atoms with Crippen LogP contribution in [0, 0.1) is 17.8 Å². The van der Waals surface area contributed by atoms with E-state index >= 15 is 0 Å². The molecule has 2 N–H and O–H groups in total. The Morgan fingerprint density at radius 2 is 1.70 bits per heavy atom. The summed E-state index contributed by atoms with van der Waals surface area (Å²) in [5.74, 6) is -0.0319. The maximum absolute atomic E-state index is 13.0. The number of carbonyl (C=O) groups is 2. The molecule has 0 fully saturated rings. The molecule has 0 spiro atoms. The highest BCUT2D eigenvalue weighted by Crippen LogP contribution is 2.34. The van der Waals surface area contributed by atoms with Crippen LogP contribution in [0.2, 0.25) is 0 Å². The first kappa shape index (κ1) is 24.0. The molecule has 30 heavy (non-hydrogen) atoms. The minimum atomic E-state index is -0.634. The van der Waals surface area contributed by atoms with E-state index in [1.807, 2.05) is 39.0 Å². The standard InChI is InChI=1S/C24H37NO5/c1-16(2)9-7-6-8-10-18(23(27)30-24(3,4)5)19(22(25)26)13-17-11-12-20-21(14-17)29-15-28-20/h11-12,14,16,18-19H,6-10,13,15H2,1-5H3,(H2,25,26). The lowest BCUT2D eigenvalue weighted by molar-refractivity contribution is -0.164. The second kappa shape index (κ2) is 10.7. The molecular formula is C24H37NO5. The van der Waals surface area contributed by atoms with Crippen LogP contribution < -0.4 is 15.2 Å². The van der Waals surface area contributed by atoms with Gasteiger partial charge in [0.15, 0.2) is 11.5 Å². The Labute approximate surface area is 180 Å². The summed E-state index contributed by atoms with van der Waals surface area (Å²) in [4.78, 5) is 25.4. The zero-order valence-electron chi connectivity index (χ0n) is 19.0. The summed E-state index contributed by atoms with van der Waals surface area (Å²) in [6.45, 7) is 10.1. The number of carbonyl (C=O) groups excluding carboxylic acids is 2. The molecule has 2 atom stereocenters. The van der Waals surface area contributed by atoms with Crippen molar-refractivity contribution in [2.75, 3.05) is 6.79 Å². The second-order valence-corrected chi connectivity index (χ2v) is 9.57. The Balaban J connectivity index is 2.13. The van der Waals surface area contributed by atoms with E-state index < -0.39 is 23.3 Å². The summed E-state index contributed by atoms with van der Waals surface area (Å²) < 4.78 is 16.4. The SMILES string of the molecule is CC(C)CCCCCC(C(=O)OC(C)(C)C)C(Cc1ccc2c(c1)OCO2)C(N)=O. The van der Waals surface area contributed by atoms with E-state index in [-0.39, 0.29) is 12.8 Å². The van der Waals surface area contributed by atoms with Gasteiger partial charge in [-0.25, -0.2) is 0 Å². The highest BCUT2D eigenvalue weighted by molar-refractivity contribution is 5.84. The first-order chi connectivity index (χ1) is 14.1. The Bertz CT molecular complexity index is 723. The molecular weight excluding hydrogens is 382 g/mol. The number of esters is 1. The van der Waals surface area contributed by atoms with Crippen molar-refractivity contribution in [1.82, 2.24) is 0 Å². The zero-order chi connectivity index (χ0) is 22.3. The first-order valence-corrected chi connectivity index (χ1v) is 11.0. The topological polar surface area (TPSA) is 87.8 Å². The lowest BCUT2D eigenvalue weighted by atomic mass is 9.82. The third-order valence-corrected chi connectivity index (χ3v) is 5.25. The molecule has 0 bridgehead atoms. The number of fused-ring (bicyclic) bond motifs is 1. The lowest BCUT2D eigenvalue weighted by Gasteiger charge is -2.28. The Hall–Kier alpha value is -2.24. The van der Waals surface area contributed by atoms with E-state index in [1.165, 1.54) is 0 Å². The van der Waals surface area contributed by atoms with E-state index in [0.717, 1.165) is 31.2 Å². The van der Waals surface area contributed by atoms with Gasteiger partial charge in [0.2, 0.25) is 12.7 Å². The van der Waals surface area contributed by atoms with Crippen molar-refractivity contribution >= 4 is 11.9 Å². The van der Waals surface area contributed by atoms with Crippen LogP contribution >= 0.6 is 0 Å². The maximum Gasteiger partial charge on any atom is 0.310 e. The van der Waals surface area contributed by atoms with Gasteiger partial charge in [-0.3, -0.25) is 9.59 Å². The number of nitrogens with two attached hydrogens (primary N) is 1. The number of rotatable bonds is 11. The third-order valence-electron chi connectivity index (χ3n) is 5.25. The van der Waals surface area contributed by atoms with E-state index in [1.54, 1.807) is 0 Å². The van der Waals surface area contributed by atoms with Crippen molar-refractivity contribution in [3.8, 4) is 11.5 Å². The number of primary amides is 1. The quantitative estimate of drug-likeness (QED) is 0.417. The van der Waals surface area contributed by atoms with Crippen LogP contribution in [0.1, 0.15) is 72.3 Å². The molecule has 0 aromatic heterocycles. The molecule has 0 radical (unpaired) electrons. The fraction of sp³-hybridized carbons (Fsp3) is 0.667. The summed E-state index contributed by atoms with van der Waals surface area (Å²) in [7, 11) is 0. The average Bonchev–Trinajstić information content (AvgIpc) is 3.09. The highest BCUT2D eigenvalue weighted by Gasteiger charge is 2.35. The molecule has 1 amide bonds. The highest BCUT2D eigenvalue weighted by atomic mass is 16.7. The lowest BCUT2D eigenvalue weighted by Crippen LogP contribution is -2.39. The normalized spacial score (nSPS) is 15.1. The molecule has 6 nitrogen and oxygen atoms in total. The molecule has 1 heterocycles. The van der Waals surface area contributed by atoms with Crippen LogP contribution in [0.15, 0.2) is 18.2 Å². The minimum Gasteiger partial charge on any atom is -0.460 e. The number of hydrogen-bond donors (Lipinski definition) is 1. The van der Waals surface area contributed by atoms with Gasteiger partial charge in [-0.15, -0.1) is 0 Å². The molecule has 6 heteroatoms. The first-order valence-electron chi connectivity index (χ1n) is 11.0. The van der Waals surface area contributed by atoms with E-state index in [2.05, 4.69) is 13.8 Å². The van der Waals surface area contributed by atoms with E-state index in [9.17, 15) is 9.59 Å².